The molecule has 13 heavy (non-hydrogen) atoms. The Balaban J connectivity index is 2.57. The van der Waals surface area contributed by atoms with E-state index in [-0.39, 0.29) is 18.4 Å². The van der Waals surface area contributed by atoms with Gasteiger partial charge in [0.15, 0.2) is 0 Å². The third kappa shape index (κ3) is 2.89. The average Bonchev–Trinajstić information content (AvgIpc) is 2.19. The second-order valence-electron chi connectivity index (χ2n) is 3.30. The van der Waals surface area contributed by atoms with Crippen LogP contribution >= 0.6 is 0 Å². The molecule has 0 aromatic rings. The predicted octanol–water partition coefficient (Wildman–Crippen LogP) is -0.0890. The molecule has 1 N–H and O–H groups in total. The van der Waals surface area contributed by atoms with E-state index in [9.17, 15) is 9.59 Å². The summed E-state index contributed by atoms with van der Waals surface area (Å²) in [7, 11) is 0. The first kappa shape index (κ1) is 9.77. The molecule has 1 aliphatic heterocycles. The number of amides is 2. The maximum Gasteiger partial charge on any atom is 0.242 e. The number of carbonyl (C=O) groups excluding carboxylic acids is 2. The van der Waals surface area contributed by atoms with Crippen LogP contribution in [0.5, 0.6) is 0 Å². The second-order valence-corrected chi connectivity index (χ2v) is 3.30. The highest BCUT2D eigenvalue weighted by Crippen LogP contribution is 2.01. The maximum atomic E-state index is 11.4. The first-order valence-electron chi connectivity index (χ1n) is 4.28. The Kier molecular flexibility index (Phi) is 3.06. The molecule has 1 heterocycles. The fraction of sp³-hybridized carbons (Fsp3) is 0.556. The van der Waals surface area contributed by atoms with Crippen molar-refractivity contribution in [2.75, 3.05) is 19.6 Å². The zero-order chi connectivity index (χ0) is 9.84. The predicted molar refractivity (Wildman–Crippen MR) is 49.0 cm³/mol. The van der Waals surface area contributed by atoms with E-state index in [1.807, 2.05) is 6.92 Å². The van der Waals surface area contributed by atoms with E-state index >= 15 is 0 Å². The van der Waals surface area contributed by atoms with Crippen LogP contribution in [0.3, 0.4) is 0 Å². The van der Waals surface area contributed by atoms with Crippen molar-refractivity contribution < 1.29 is 9.59 Å². The van der Waals surface area contributed by atoms with Crippen LogP contribution in [0.25, 0.3) is 0 Å². The molecule has 0 unspecified atom stereocenters. The monoisotopic (exact) mass is 182 g/mol. The quantitative estimate of drug-likeness (QED) is 0.607. The van der Waals surface area contributed by atoms with Crippen molar-refractivity contribution >= 4 is 11.8 Å². The van der Waals surface area contributed by atoms with Crippen LogP contribution in [-0.2, 0) is 9.59 Å². The van der Waals surface area contributed by atoms with Gasteiger partial charge in [0.2, 0.25) is 11.8 Å². The Morgan fingerprint density at radius 1 is 1.62 bits per heavy atom. The molecule has 1 saturated heterocycles. The Bertz CT molecular complexity index is 248. The molecule has 1 rings (SSSR count). The van der Waals surface area contributed by atoms with Crippen LogP contribution < -0.4 is 5.32 Å². The minimum Gasteiger partial charge on any atom is -0.347 e. The standard InChI is InChI=1S/C9H14N2O2/c1-7(2)6-11-4-3-8(12)10-5-9(11)13/h1,3-6H2,2H3,(H,10,12). The van der Waals surface area contributed by atoms with Gasteiger partial charge in [0, 0.05) is 19.5 Å². The summed E-state index contributed by atoms with van der Waals surface area (Å²) in [4.78, 5) is 24.0. The third-order valence-electron chi connectivity index (χ3n) is 1.86. The summed E-state index contributed by atoms with van der Waals surface area (Å²) in [5.74, 6) is -0.0913. The Morgan fingerprint density at radius 2 is 2.31 bits per heavy atom. The molecule has 2 amide bonds. The molecule has 4 heteroatoms. The smallest absolute Gasteiger partial charge is 0.242 e. The highest BCUT2D eigenvalue weighted by molar-refractivity contribution is 5.87. The molecule has 0 aromatic carbocycles. The fourth-order valence-electron chi connectivity index (χ4n) is 1.23. The molecule has 0 bridgehead atoms. The van der Waals surface area contributed by atoms with Crippen molar-refractivity contribution in [3.8, 4) is 0 Å². The fourth-order valence-corrected chi connectivity index (χ4v) is 1.23. The Labute approximate surface area is 77.6 Å². The number of nitrogens with zero attached hydrogens (tertiary/aromatic N) is 1. The number of nitrogens with one attached hydrogen (secondary N) is 1. The van der Waals surface area contributed by atoms with Crippen LogP contribution in [-0.4, -0.2) is 36.3 Å². The largest absolute Gasteiger partial charge is 0.347 e. The lowest BCUT2D eigenvalue weighted by atomic mass is 10.3. The van der Waals surface area contributed by atoms with Crippen molar-refractivity contribution in [2.24, 2.45) is 0 Å². The van der Waals surface area contributed by atoms with E-state index < -0.39 is 0 Å². The lowest BCUT2D eigenvalue weighted by Crippen LogP contribution is -2.36. The van der Waals surface area contributed by atoms with Gasteiger partial charge >= 0.3 is 0 Å². The molecule has 4 nitrogen and oxygen atoms in total. The summed E-state index contributed by atoms with van der Waals surface area (Å²) in [6, 6.07) is 0. The topological polar surface area (TPSA) is 49.4 Å². The SMILES string of the molecule is C=C(C)CN1CCC(=O)NCC1=O. The molecular weight excluding hydrogens is 168 g/mol. The zero-order valence-corrected chi connectivity index (χ0v) is 7.80. The zero-order valence-electron chi connectivity index (χ0n) is 7.80. The van der Waals surface area contributed by atoms with Gasteiger partial charge in [-0.2, -0.15) is 0 Å². The van der Waals surface area contributed by atoms with Gasteiger partial charge < -0.3 is 10.2 Å². The van der Waals surface area contributed by atoms with Crippen LogP contribution in [0.2, 0.25) is 0 Å². The molecule has 0 saturated carbocycles. The summed E-state index contributed by atoms with van der Waals surface area (Å²) in [6.45, 7) is 6.77. The minimum absolute atomic E-state index is 0.0335. The third-order valence-corrected chi connectivity index (χ3v) is 1.86. The molecule has 0 aromatic heterocycles. The molecule has 0 aliphatic carbocycles. The van der Waals surface area contributed by atoms with Crippen LogP contribution in [0.4, 0.5) is 0 Å². The Hall–Kier alpha value is -1.32. The van der Waals surface area contributed by atoms with Gasteiger partial charge in [-0.1, -0.05) is 12.2 Å². The van der Waals surface area contributed by atoms with Crippen molar-refractivity contribution in [1.82, 2.24) is 10.2 Å². The normalized spacial score (nSPS) is 18.1. The van der Waals surface area contributed by atoms with E-state index in [0.29, 0.717) is 19.5 Å². The number of hydrogen-bond donors (Lipinski definition) is 1. The average molecular weight is 182 g/mol. The van der Waals surface area contributed by atoms with E-state index in [1.165, 1.54) is 0 Å². The number of rotatable bonds is 2. The van der Waals surface area contributed by atoms with E-state index in [1.54, 1.807) is 4.90 Å². The van der Waals surface area contributed by atoms with Gasteiger partial charge in [-0.3, -0.25) is 9.59 Å². The molecule has 0 atom stereocenters. The Morgan fingerprint density at radius 3 is 2.92 bits per heavy atom. The van der Waals surface area contributed by atoms with E-state index in [0.717, 1.165) is 5.57 Å². The molecule has 1 fully saturated rings. The lowest BCUT2D eigenvalue weighted by molar-refractivity contribution is -0.129. The van der Waals surface area contributed by atoms with Crippen molar-refractivity contribution in [2.45, 2.75) is 13.3 Å². The van der Waals surface area contributed by atoms with Crippen LogP contribution in [0, 0.1) is 0 Å². The second kappa shape index (κ2) is 4.07. The van der Waals surface area contributed by atoms with Gasteiger partial charge in [-0.05, 0) is 6.92 Å². The summed E-state index contributed by atoms with van der Waals surface area (Å²) in [5, 5.41) is 2.54. The van der Waals surface area contributed by atoms with Gasteiger partial charge in [0.25, 0.3) is 0 Å². The van der Waals surface area contributed by atoms with E-state index in [4.69, 9.17) is 0 Å². The number of carbonyl (C=O) groups is 2. The first-order chi connectivity index (χ1) is 6.09. The number of hydrogen-bond acceptors (Lipinski definition) is 2. The maximum absolute atomic E-state index is 11.4. The van der Waals surface area contributed by atoms with Crippen molar-refractivity contribution in [3.05, 3.63) is 12.2 Å². The van der Waals surface area contributed by atoms with Crippen molar-refractivity contribution in [1.29, 1.82) is 0 Å². The van der Waals surface area contributed by atoms with Crippen LogP contribution in [0.1, 0.15) is 13.3 Å². The molecular formula is C9H14N2O2. The molecule has 0 spiro atoms. The minimum atomic E-state index is -0.0578. The van der Waals surface area contributed by atoms with Crippen molar-refractivity contribution in [3.63, 3.8) is 0 Å². The lowest BCUT2D eigenvalue weighted by Gasteiger charge is -2.19. The summed E-state index contributed by atoms with van der Waals surface area (Å²) in [5.41, 5.74) is 0.933. The summed E-state index contributed by atoms with van der Waals surface area (Å²) < 4.78 is 0. The van der Waals surface area contributed by atoms with Gasteiger partial charge in [0.1, 0.15) is 0 Å². The molecule has 72 valence electrons. The summed E-state index contributed by atoms with van der Waals surface area (Å²) >= 11 is 0. The summed E-state index contributed by atoms with van der Waals surface area (Å²) in [6.07, 6.45) is 0.388. The highest BCUT2D eigenvalue weighted by atomic mass is 16.2. The molecule has 0 radical (unpaired) electrons. The van der Waals surface area contributed by atoms with Gasteiger partial charge in [0.05, 0.1) is 6.54 Å². The first-order valence-corrected chi connectivity index (χ1v) is 4.28. The van der Waals surface area contributed by atoms with E-state index in [2.05, 4.69) is 11.9 Å². The van der Waals surface area contributed by atoms with Crippen LogP contribution in [0.15, 0.2) is 12.2 Å². The van der Waals surface area contributed by atoms with Gasteiger partial charge in [-0.25, -0.2) is 0 Å². The van der Waals surface area contributed by atoms with Gasteiger partial charge in [-0.15, -0.1) is 0 Å². The molecule has 1 aliphatic rings. The highest BCUT2D eigenvalue weighted by Gasteiger charge is 2.19.